The Morgan fingerprint density at radius 2 is 2.04 bits per heavy atom. The van der Waals surface area contributed by atoms with Crippen molar-refractivity contribution in [3.8, 4) is 5.75 Å². The monoisotopic (exact) mass is 381 g/mol. The van der Waals surface area contributed by atoms with Gasteiger partial charge in [0.25, 0.3) is 5.91 Å². The highest BCUT2D eigenvalue weighted by atomic mass is 35.5. The molecule has 1 saturated heterocycles. The molecule has 0 radical (unpaired) electrons. The molecule has 138 valence electrons. The highest BCUT2D eigenvalue weighted by Crippen LogP contribution is 2.50. The predicted molar refractivity (Wildman–Crippen MR) is 106 cm³/mol. The number of aliphatic hydroxyl groups is 1. The molecule has 2 aliphatic heterocycles. The third-order valence-corrected chi connectivity index (χ3v) is 5.60. The summed E-state index contributed by atoms with van der Waals surface area (Å²) in [6.45, 7) is 1.89. The number of amides is 1. The lowest BCUT2D eigenvalue weighted by molar-refractivity contribution is -0.153. The zero-order valence-corrected chi connectivity index (χ0v) is 15.9. The minimum absolute atomic E-state index is 0.0319. The number of ether oxygens (including phenoxy) is 1. The van der Waals surface area contributed by atoms with Gasteiger partial charge in [0.2, 0.25) is 0 Å². The summed E-state index contributed by atoms with van der Waals surface area (Å²) in [6, 6.07) is 15.0. The van der Waals surface area contributed by atoms with Crippen LogP contribution in [0.25, 0.3) is 6.08 Å². The van der Waals surface area contributed by atoms with Crippen molar-refractivity contribution in [3.63, 3.8) is 0 Å². The minimum Gasteiger partial charge on any atom is -0.507 e. The van der Waals surface area contributed by atoms with Crippen LogP contribution in [0.5, 0.6) is 5.75 Å². The van der Waals surface area contributed by atoms with Gasteiger partial charge in [-0.2, -0.15) is 0 Å². The van der Waals surface area contributed by atoms with Gasteiger partial charge in [0.15, 0.2) is 5.72 Å². The van der Waals surface area contributed by atoms with Gasteiger partial charge in [-0.15, -0.1) is 0 Å². The van der Waals surface area contributed by atoms with E-state index in [9.17, 15) is 9.90 Å². The second kappa shape index (κ2) is 6.46. The van der Waals surface area contributed by atoms with Gasteiger partial charge in [0, 0.05) is 30.0 Å². The van der Waals surface area contributed by atoms with Gasteiger partial charge >= 0.3 is 0 Å². The van der Waals surface area contributed by atoms with Crippen LogP contribution in [0.1, 0.15) is 30.4 Å². The number of likely N-dealkylation sites (tertiary alicyclic amines) is 1. The maximum atomic E-state index is 13.1. The summed E-state index contributed by atoms with van der Waals surface area (Å²) in [5.41, 5.74) is 1.39. The van der Waals surface area contributed by atoms with Crippen LogP contribution in [-0.4, -0.2) is 28.7 Å². The molecular weight excluding hydrogens is 362 g/mol. The van der Waals surface area contributed by atoms with E-state index in [1.165, 1.54) is 0 Å². The Morgan fingerprint density at radius 3 is 2.78 bits per heavy atom. The molecule has 2 unspecified atom stereocenters. The van der Waals surface area contributed by atoms with Crippen LogP contribution >= 0.6 is 11.6 Å². The van der Waals surface area contributed by atoms with Crippen LogP contribution in [0.15, 0.2) is 65.9 Å². The molecule has 2 bridgehead atoms. The van der Waals surface area contributed by atoms with Crippen molar-refractivity contribution in [2.45, 2.75) is 25.0 Å². The molecule has 2 aromatic rings. The highest BCUT2D eigenvalue weighted by molar-refractivity contribution is 6.30. The first-order valence-corrected chi connectivity index (χ1v) is 9.20. The van der Waals surface area contributed by atoms with Gasteiger partial charge in [-0.1, -0.05) is 48.0 Å². The van der Waals surface area contributed by atoms with E-state index in [1.54, 1.807) is 30.2 Å². The van der Waals surface area contributed by atoms with E-state index in [0.29, 0.717) is 22.8 Å². The molecule has 0 spiro atoms. The lowest BCUT2D eigenvalue weighted by Crippen LogP contribution is -2.59. The van der Waals surface area contributed by atoms with E-state index in [-0.39, 0.29) is 17.6 Å². The van der Waals surface area contributed by atoms with Gasteiger partial charge in [0.05, 0.1) is 5.57 Å². The summed E-state index contributed by atoms with van der Waals surface area (Å²) in [7, 11) is 1.70. The van der Waals surface area contributed by atoms with Crippen molar-refractivity contribution >= 4 is 23.6 Å². The van der Waals surface area contributed by atoms with Crippen LogP contribution in [0.4, 0.5) is 0 Å². The number of aliphatic hydroxyl groups excluding tert-OH is 1. The third kappa shape index (κ3) is 3.00. The number of carbonyl (C=O) groups is 1. The Hall–Kier alpha value is -2.72. The van der Waals surface area contributed by atoms with E-state index in [2.05, 4.69) is 0 Å². The zero-order valence-electron chi connectivity index (χ0n) is 15.1. The van der Waals surface area contributed by atoms with Gasteiger partial charge in [-0.3, -0.25) is 4.79 Å². The van der Waals surface area contributed by atoms with Gasteiger partial charge < -0.3 is 14.7 Å². The molecular formula is C22H20ClNO3. The number of benzene rings is 2. The highest BCUT2D eigenvalue weighted by Gasteiger charge is 2.51. The quantitative estimate of drug-likeness (QED) is 0.593. The Kier molecular flexibility index (Phi) is 4.23. The molecule has 0 saturated carbocycles. The van der Waals surface area contributed by atoms with Crippen molar-refractivity contribution in [1.82, 2.24) is 4.90 Å². The van der Waals surface area contributed by atoms with Gasteiger partial charge in [0.1, 0.15) is 11.5 Å². The average Bonchev–Trinajstić information content (AvgIpc) is 2.66. The van der Waals surface area contributed by atoms with Crippen LogP contribution in [0.3, 0.4) is 0 Å². The van der Waals surface area contributed by atoms with Crippen molar-refractivity contribution < 1.29 is 14.6 Å². The maximum absolute atomic E-state index is 13.1. The molecule has 2 atom stereocenters. The summed E-state index contributed by atoms with van der Waals surface area (Å²) >= 11 is 6.18. The summed E-state index contributed by atoms with van der Waals surface area (Å²) in [6.07, 6.45) is 3.93. The molecule has 1 N–H and O–H groups in total. The number of carbonyl (C=O) groups excluding carboxylic acids is 1. The Balaban J connectivity index is 1.82. The zero-order chi connectivity index (χ0) is 19.2. The summed E-state index contributed by atoms with van der Waals surface area (Å²) < 4.78 is 6.11. The van der Waals surface area contributed by atoms with Crippen LogP contribution in [0, 0.1) is 0 Å². The fourth-order valence-electron chi connectivity index (χ4n) is 3.78. The van der Waals surface area contributed by atoms with Gasteiger partial charge in [-0.05, 0) is 36.8 Å². The second-order valence-electron chi connectivity index (χ2n) is 7.12. The maximum Gasteiger partial charge on any atom is 0.256 e. The summed E-state index contributed by atoms with van der Waals surface area (Å²) in [5, 5.41) is 11.4. The van der Waals surface area contributed by atoms with Crippen molar-refractivity contribution in [2.75, 3.05) is 7.05 Å². The summed E-state index contributed by atoms with van der Waals surface area (Å²) in [4.78, 5) is 14.6. The molecule has 1 fully saturated rings. The molecule has 0 aliphatic carbocycles. The molecule has 5 heteroatoms. The number of hydrogen-bond donors (Lipinski definition) is 1. The third-order valence-electron chi connectivity index (χ3n) is 5.36. The van der Waals surface area contributed by atoms with E-state index < -0.39 is 5.72 Å². The van der Waals surface area contributed by atoms with E-state index >= 15 is 0 Å². The number of rotatable bonds is 2. The fourth-order valence-corrected chi connectivity index (χ4v) is 3.96. The average molecular weight is 382 g/mol. The first-order chi connectivity index (χ1) is 12.9. The van der Waals surface area contributed by atoms with E-state index in [1.807, 2.05) is 49.4 Å². The number of piperidine rings is 1. The normalized spacial score (nSPS) is 26.0. The fraction of sp³-hybridized carbons (Fsp3) is 0.227. The first kappa shape index (κ1) is 17.7. The molecule has 4 rings (SSSR count). The summed E-state index contributed by atoms with van der Waals surface area (Å²) in [5.74, 6) is 0.140. The SMILES string of the molecule is CN1C(=O)/C(=C(O)/C=C/c2ccccc2)C2CC1(C)Oc1ccc(Cl)cc12. The van der Waals surface area contributed by atoms with Crippen LogP contribution < -0.4 is 4.74 Å². The van der Waals surface area contributed by atoms with Crippen molar-refractivity contribution in [1.29, 1.82) is 0 Å². The smallest absolute Gasteiger partial charge is 0.256 e. The lowest BCUT2D eigenvalue weighted by atomic mass is 9.77. The topological polar surface area (TPSA) is 49.8 Å². The van der Waals surface area contributed by atoms with Crippen molar-refractivity contribution in [3.05, 3.63) is 82.1 Å². The minimum atomic E-state index is -0.754. The Morgan fingerprint density at radius 1 is 1.30 bits per heavy atom. The van der Waals surface area contributed by atoms with Crippen molar-refractivity contribution in [2.24, 2.45) is 0 Å². The van der Waals surface area contributed by atoms with E-state index in [0.717, 1.165) is 11.1 Å². The Bertz CT molecular complexity index is 967. The first-order valence-electron chi connectivity index (χ1n) is 8.82. The molecule has 2 aliphatic rings. The largest absolute Gasteiger partial charge is 0.507 e. The molecule has 2 heterocycles. The number of halogens is 1. The molecule has 27 heavy (non-hydrogen) atoms. The lowest BCUT2D eigenvalue weighted by Gasteiger charge is -2.50. The van der Waals surface area contributed by atoms with Gasteiger partial charge in [-0.25, -0.2) is 0 Å². The molecule has 0 aromatic heterocycles. The number of hydrogen-bond acceptors (Lipinski definition) is 3. The molecule has 1 amide bonds. The number of nitrogens with zero attached hydrogens (tertiary/aromatic N) is 1. The van der Waals surface area contributed by atoms with Crippen LogP contribution in [0.2, 0.25) is 5.02 Å². The molecule has 2 aromatic carbocycles. The number of likely N-dealkylation sites (N-methyl/N-ethyl adjacent to an activating group) is 1. The van der Waals surface area contributed by atoms with Crippen LogP contribution in [-0.2, 0) is 4.79 Å². The predicted octanol–water partition coefficient (Wildman–Crippen LogP) is 4.92. The molecule has 4 nitrogen and oxygen atoms in total. The van der Waals surface area contributed by atoms with E-state index in [4.69, 9.17) is 16.3 Å². The standard InChI is InChI=1S/C22H20ClNO3/c1-22-13-17(16-12-15(23)9-11-19(16)27-22)20(21(26)24(22)2)18(25)10-8-14-6-4-3-5-7-14/h3-12,17,25H,13H2,1-2H3/b10-8+,20-18-. The second-order valence-corrected chi connectivity index (χ2v) is 7.56. The number of fused-ring (bicyclic) bond motifs is 4. The Labute approximate surface area is 163 Å². The number of allylic oxidation sites excluding steroid dienone is 1.